The van der Waals surface area contributed by atoms with E-state index in [0.717, 1.165) is 16.2 Å². The van der Waals surface area contributed by atoms with Gasteiger partial charge in [0.15, 0.2) is 12.7 Å². The van der Waals surface area contributed by atoms with Gasteiger partial charge in [0.2, 0.25) is 0 Å². The minimum absolute atomic E-state index is 0.0135. The smallest absolute Gasteiger partial charge is 0.364 e. The summed E-state index contributed by atoms with van der Waals surface area (Å²) in [5.41, 5.74) is 0.0156. The lowest BCUT2D eigenvalue weighted by Crippen LogP contribution is -3.16. The van der Waals surface area contributed by atoms with E-state index in [1.807, 2.05) is 24.3 Å². The minimum Gasteiger partial charge on any atom is -0.497 e. The van der Waals surface area contributed by atoms with E-state index in [9.17, 15) is 19.5 Å². The maximum atomic E-state index is 13.0. The number of aryl methyl sites for hydroxylation is 1. The Kier molecular flexibility index (Phi) is 6.09. The van der Waals surface area contributed by atoms with E-state index in [1.54, 1.807) is 14.0 Å². The highest BCUT2D eigenvalue weighted by Crippen LogP contribution is 2.23. The van der Waals surface area contributed by atoms with Crippen molar-refractivity contribution < 1.29 is 33.9 Å². The van der Waals surface area contributed by atoms with Gasteiger partial charge in [-0.1, -0.05) is 12.1 Å². The van der Waals surface area contributed by atoms with Crippen molar-refractivity contribution in [1.82, 2.24) is 10.2 Å². The third kappa shape index (κ3) is 4.35. The molecule has 2 aliphatic rings. The van der Waals surface area contributed by atoms with Gasteiger partial charge >= 0.3 is 12.0 Å². The predicted octanol–water partition coefficient (Wildman–Crippen LogP) is -0.913. The number of imide groups is 1. The Bertz CT molecular complexity index is 783. The van der Waals surface area contributed by atoms with Crippen molar-refractivity contribution in [1.29, 1.82) is 0 Å². The van der Waals surface area contributed by atoms with Gasteiger partial charge < -0.3 is 24.8 Å². The van der Waals surface area contributed by atoms with Crippen LogP contribution in [0.1, 0.15) is 25.3 Å². The number of aliphatic hydroxyl groups is 1. The summed E-state index contributed by atoms with van der Waals surface area (Å²) in [6.45, 7) is 2.00. The lowest BCUT2D eigenvalue weighted by atomic mass is 9.93. The number of nitrogens with zero attached hydrogens (tertiary/aromatic N) is 1. The van der Waals surface area contributed by atoms with Crippen LogP contribution >= 0.6 is 0 Å². The molecule has 0 bridgehead atoms. The summed E-state index contributed by atoms with van der Waals surface area (Å²) in [5, 5.41) is 12.7. The number of hydrogen-bond acceptors (Lipinski definition) is 6. The number of carbonyl (C=O) groups excluding carboxylic acids is 3. The third-order valence-corrected chi connectivity index (χ3v) is 5.76. The second-order valence-electron chi connectivity index (χ2n) is 7.83. The number of likely N-dealkylation sites (tertiary alicyclic amines) is 1. The maximum absolute atomic E-state index is 13.0. The number of urea groups is 1. The highest BCUT2D eigenvalue weighted by molar-refractivity contribution is 6.06. The number of carbonyl (C=O) groups is 3. The Morgan fingerprint density at radius 3 is 2.62 bits per heavy atom. The minimum atomic E-state index is -1.02. The van der Waals surface area contributed by atoms with Crippen molar-refractivity contribution in [3.63, 3.8) is 0 Å². The molecule has 0 aromatic heterocycles. The molecule has 1 aromatic rings. The van der Waals surface area contributed by atoms with Crippen LogP contribution in [0.2, 0.25) is 0 Å². The largest absolute Gasteiger partial charge is 0.497 e. The predicted molar refractivity (Wildman–Crippen MR) is 102 cm³/mol. The number of nitrogens with one attached hydrogen (secondary N) is 2. The van der Waals surface area contributed by atoms with Crippen LogP contribution in [0.5, 0.6) is 5.75 Å². The first-order valence-corrected chi connectivity index (χ1v) is 9.65. The summed E-state index contributed by atoms with van der Waals surface area (Å²) in [4.78, 5) is 39.3. The number of methoxy groups -OCH3 is 2. The Morgan fingerprint density at radius 1 is 1.31 bits per heavy atom. The summed E-state index contributed by atoms with van der Waals surface area (Å²) in [6, 6.07) is 6.49. The van der Waals surface area contributed by atoms with Crippen LogP contribution in [0.25, 0.3) is 0 Å². The quantitative estimate of drug-likeness (QED) is 0.399. The fraction of sp³-hybridized carbons (Fsp3) is 0.550. The van der Waals surface area contributed by atoms with Crippen LogP contribution in [-0.4, -0.2) is 73.0 Å². The molecule has 158 valence electrons. The normalized spacial score (nSPS) is 29.1. The van der Waals surface area contributed by atoms with Gasteiger partial charge in [0.25, 0.3) is 5.91 Å². The van der Waals surface area contributed by atoms with Crippen molar-refractivity contribution >= 4 is 17.9 Å². The molecule has 9 heteroatoms. The van der Waals surface area contributed by atoms with Gasteiger partial charge in [0, 0.05) is 6.42 Å². The first-order chi connectivity index (χ1) is 13.8. The maximum Gasteiger partial charge on any atom is 0.364 e. The first-order valence-electron chi connectivity index (χ1n) is 9.65. The van der Waals surface area contributed by atoms with E-state index in [4.69, 9.17) is 9.47 Å². The van der Waals surface area contributed by atoms with Crippen molar-refractivity contribution in [2.24, 2.45) is 0 Å². The van der Waals surface area contributed by atoms with Gasteiger partial charge in [0.05, 0.1) is 14.2 Å². The average molecular weight is 406 g/mol. The monoisotopic (exact) mass is 406 g/mol. The Labute approximate surface area is 169 Å². The molecule has 0 spiro atoms. The summed E-state index contributed by atoms with van der Waals surface area (Å²) >= 11 is 0. The number of aliphatic hydroxyl groups excluding tert-OH is 1. The van der Waals surface area contributed by atoms with Gasteiger partial charge in [0.1, 0.15) is 23.9 Å². The van der Waals surface area contributed by atoms with E-state index in [0.29, 0.717) is 17.7 Å². The number of amides is 3. The zero-order valence-electron chi connectivity index (χ0n) is 16.9. The van der Waals surface area contributed by atoms with Gasteiger partial charge in [-0.2, -0.15) is 0 Å². The number of benzene rings is 1. The molecule has 1 unspecified atom stereocenters. The summed E-state index contributed by atoms with van der Waals surface area (Å²) in [6.07, 6.45) is 0.635. The van der Waals surface area contributed by atoms with Crippen LogP contribution in [0.4, 0.5) is 4.79 Å². The second kappa shape index (κ2) is 8.38. The molecule has 2 heterocycles. The molecule has 0 radical (unpaired) electrons. The van der Waals surface area contributed by atoms with Crippen LogP contribution in [-0.2, 0) is 20.7 Å². The molecular weight excluding hydrogens is 378 g/mol. The molecule has 9 nitrogen and oxygen atoms in total. The van der Waals surface area contributed by atoms with Gasteiger partial charge in [-0.3, -0.25) is 4.79 Å². The molecule has 3 amide bonds. The molecule has 3 rings (SSSR count). The molecule has 0 aliphatic carbocycles. The van der Waals surface area contributed by atoms with Crippen LogP contribution in [0, 0.1) is 0 Å². The fourth-order valence-corrected chi connectivity index (χ4v) is 4.00. The highest BCUT2D eigenvalue weighted by Gasteiger charge is 2.51. The third-order valence-electron chi connectivity index (χ3n) is 5.76. The summed E-state index contributed by atoms with van der Waals surface area (Å²) in [5.74, 6) is -0.0216. The Balaban J connectivity index is 1.65. The zero-order chi connectivity index (χ0) is 21.2. The van der Waals surface area contributed by atoms with Gasteiger partial charge in [-0.25, -0.2) is 14.5 Å². The van der Waals surface area contributed by atoms with E-state index in [1.165, 1.54) is 7.11 Å². The summed E-state index contributed by atoms with van der Waals surface area (Å²) < 4.78 is 9.94. The number of rotatable bonds is 7. The molecule has 3 N–H and O–H groups in total. The number of ether oxygens (including phenoxy) is 2. The van der Waals surface area contributed by atoms with Crippen molar-refractivity contribution in [2.75, 3.05) is 27.4 Å². The fourth-order valence-electron chi connectivity index (χ4n) is 4.00. The Morgan fingerprint density at radius 2 is 2.00 bits per heavy atom. The molecule has 1 aromatic carbocycles. The average Bonchev–Trinajstić information content (AvgIpc) is 3.18. The first kappa shape index (κ1) is 21.1. The Hall–Kier alpha value is -2.65. The standard InChI is InChI=1S/C20H27N3O6/c1-20(9-8-13-4-6-15(28-2)7-5-13)18(26)23(19(27)21-20)12-22-11-14(24)10-16(22)17(25)29-3/h4-7,14,16,24H,8-12H2,1-3H3,(H,21,27)/p+1/t14-,16+,20-/m1/s1. The molecule has 2 aliphatic heterocycles. The lowest BCUT2D eigenvalue weighted by molar-refractivity contribution is -0.912. The van der Waals surface area contributed by atoms with E-state index >= 15 is 0 Å². The topological polar surface area (TPSA) is 110 Å². The highest BCUT2D eigenvalue weighted by atomic mass is 16.5. The second-order valence-corrected chi connectivity index (χ2v) is 7.83. The summed E-state index contributed by atoms with van der Waals surface area (Å²) in [7, 11) is 2.89. The van der Waals surface area contributed by atoms with Crippen LogP contribution < -0.4 is 15.0 Å². The zero-order valence-corrected chi connectivity index (χ0v) is 16.9. The number of quaternary nitrogens is 1. The van der Waals surface area contributed by atoms with E-state index < -0.39 is 29.7 Å². The molecule has 4 atom stereocenters. The molecule has 2 saturated heterocycles. The molecular formula is C20H28N3O6+. The van der Waals surface area contributed by atoms with Gasteiger partial charge in [-0.05, 0) is 37.5 Å². The molecule has 2 fully saturated rings. The molecule has 29 heavy (non-hydrogen) atoms. The molecule has 0 saturated carbocycles. The van der Waals surface area contributed by atoms with Crippen molar-refractivity contribution in [3.05, 3.63) is 29.8 Å². The number of esters is 1. The lowest BCUT2D eigenvalue weighted by Gasteiger charge is -2.24. The van der Waals surface area contributed by atoms with E-state index in [2.05, 4.69) is 5.32 Å². The van der Waals surface area contributed by atoms with Gasteiger partial charge in [-0.15, -0.1) is 0 Å². The SMILES string of the molecule is COC(=O)[C@@H]1C[C@@H](O)C[NH+]1CN1C(=O)N[C@](C)(CCc2ccc(OC)cc2)C1=O. The van der Waals surface area contributed by atoms with Crippen molar-refractivity contribution in [2.45, 2.75) is 43.9 Å². The van der Waals surface area contributed by atoms with Crippen molar-refractivity contribution in [3.8, 4) is 5.75 Å². The van der Waals surface area contributed by atoms with Crippen LogP contribution in [0.3, 0.4) is 0 Å². The van der Waals surface area contributed by atoms with Crippen LogP contribution in [0.15, 0.2) is 24.3 Å². The van der Waals surface area contributed by atoms with E-state index in [-0.39, 0.29) is 25.5 Å². The number of hydrogen-bond donors (Lipinski definition) is 3.